The molecular formula is C13H11BrClN3OS. The molecule has 2 aromatic rings. The molecule has 1 aromatic carbocycles. The second-order valence-electron chi connectivity index (χ2n) is 3.86. The van der Waals surface area contributed by atoms with E-state index in [0.717, 1.165) is 9.50 Å². The first-order chi connectivity index (χ1) is 9.56. The number of amides is 1. The van der Waals surface area contributed by atoms with E-state index in [1.807, 2.05) is 12.1 Å². The molecule has 0 radical (unpaired) electrons. The number of benzene rings is 1. The molecule has 1 amide bonds. The zero-order valence-electron chi connectivity index (χ0n) is 10.3. The van der Waals surface area contributed by atoms with E-state index in [2.05, 4.69) is 26.2 Å². The normalized spacial score (nSPS) is 10.3. The molecular weight excluding hydrogens is 362 g/mol. The number of nitrogens with two attached hydrogens (primary N) is 1. The number of thioether (sulfide) groups is 1. The molecule has 1 aromatic heterocycles. The SMILES string of the molecule is Nc1cc(NC(=O)CSc2ncccc2Br)ccc1Cl. The first-order valence-corrected chi connectivity index (χ1v) is 7.80. The minimum Gasteiger partial charge on any atom is -0.397 e. The highest BCUT2D eigenvalue weighted by Crippen LogP contribution is 2.25. The number of nitrogens with one attached hydrogen (secondary N) is 1. The predicted molar refractivity (Wildman–Crippen MR) is 87.2 cm³/mol. The summed E-state index contributed by atoms with van der Waals surface area (Å²) < 4.78 is 0.869. The Bertz CT molecular complexity index is 639. The lowest BCUT2D eigenvalue weighted by atomic mass is 10.3. The highest BCUT2D eigenvalue weighted by atomic mass is 79.9. The summed E-state index contributed by atoms with van der Waals surface area (Å²) in [5.74, 6) is 0.132. The van der Waals surface area contributed by atoms with Crippen LogP contribution in [-0.4, -0.2) is 16.6 Å². The summed E-state index contributed by atoms with van der Waals surface area (Å²) in [6.45, 7) is 0. The third-order valence-corrected chi connectivity index (χ3v) is 4.60. The van der Waals surface area contributed by atoms with E-state index >= 15 is 0 Å². The molecule has 7 heteroatoms. The Kier molecular flexibility index (Phi) is 5.28. The Morgan fingerprint density at radius 3 is 2.95 bits per heavy atom. The Morgan fingerprint density at radius 2 is 2.25 bits per heavy atom. The molecule has 0 aliphatic heterocycles. The number of pyridine rings is 1. The van der Waals surface area contributed by atoms with Crippen LogP contribution >= 0.6 is 39.3 Å². The summed E-state index contributed by atoms with van der Waals surface area (Å²) in [4.78, 5) is 16.0. The first-order valence-electron chi connectivity index (χ1n) is 5.64. The van der Waals surface area contributed by atoms with E-state index in [1.54, 1.807) is 24.4 Å². The van der Waals surface area contributed by atoms with Crippen LogP contribution in [-0.2, 0) is 4.79 Å². The van der Waals surface area contributed by atoms with Crippen molar-refractivity contribution in [3.8, 4) is 0 Å². The molecule has 0 saturated heterocycles. The Balaban J connectivity index is 1.93. The lowest BCUT2D eigenvalue weighted by Crippen LogP contribution is -2.14. The van der Waals surface area contributed by atoms with Gasteiger partial charge >= 0.3 is 0 Å². The summed E-state index contributed by atoms with van der Waals surface area (Å²) in [5.41, 5.74) is 6.73. The molecule has 1 heterocycles. The van der Waals surface area contributed by atoms with Gasteiger partial charge in [0.05, 0.1) is 16.5 Å². The molecule has 3 N–H and O–H groups in total. The lowest BCUT2D eigenvalue weighted by molar-refractivity contribution is -0.113. The molecule has 0 saturated carbocycles. The standard InChI is InChI=1S/C13H11BrClN3OS/c14-9-2-1-5-17-13(9)20-7-12(19)18-8-3-4-10(15)11(16)6-8/h1-6H,7,16H2,(H,18,19). The fourth-order valence-corrected chi connectivity index (χ4v) is 2.83. The van der Waals surface area contributed by atoms with E-state index in [4.69, 9.17) is 17.3 Å². The van der Waals surface area contributed by atoms with Crippen molar-refractivity contribution in [3.05, 3.63) is 46.0 Å². The predicted octanol–water partition coefficient (Wildman–Crippen LogP) is 3.81. The Labute approximate surface area is 134 Å². The fourth-order valence-electron chi connectivity index (χ4n) is 1.43. The Hall–Kier alpha value is -1.24. The van der Waals surface area contributed by atoms with Gasteiger partial charge in [0.1, 0.15) is 5.03 Å². The van der Waals surface area contributed by atoms with Crippen LogP contribution in [0.3, 0.4) is 0 Å². The third kappa shape index (κ3) is 4.13. The molecule has 4 nitrogen and oxygen atoms in total. The number of rotatable bonds is 4. The molecule has 0 aliphatic carbocycles. The second-order valence-corrected chi connectivity index (χ2v) is 6.09. The van der Waals surface area contributed by atoms with E-state index < -0.39 is 0 Å². The molecule has 0 fully saturated rings. The molecule has 0 aliphatic rings. The third-order valence-electron chi connectivity index (χ3n) is 2.34. The minimum atomic E-state index is -0.130. The summed E-state index contributed by atoms with van der Waals surface area (Å²) >= 11 is 10.6. The van der Waals surface area contributed by atoms with Crippen molar-refractivity contribution in [2.24, 2.45) is 0 Å². The summed E-state index contributed by atoms with van der Waals surface area (Å²) in [6, 6.07) is 8.69. The fraction of sp³-hybridized carbons (Fsp3) is 0.0769. The van der Waals surface area contributed by atoms with Crippen molar-refractivity contribution in [2.45, 2.75) is 5.03 Å². The zero-order chi connectivity index (χ0) is 14.5. The second kappa shape index (κ2) is 6.97. The minimum absolute atomic E-state index is 0.130. The number of hydrogen-bond acceptors (Lipinski definition) is 4. The maximum absolute atomic E-state index is 11.8. The van der Waals surface area contributed by atoms with Crippen LogP contribution in [0.15, 0.2) is 46.0 Å². The van der Waals surface area contributed by atoms with E-state index in [-0.39, 0.29) is 11.7 Å². The van der Waals surface area contributed by atoms with Gasteiger partial charge < -0.3 is 11.1 Å². The number of halogens is 2. The summed E-state index contributed by atoms with van der Waals surface area (Å²) in [7, 11) is 0. The van der Waals surface area contributed by atoms with Gasteiger partial charge in [0.15, 0.2) is 0 Å². The maximum atomic E-state index is 11.8. The highest BCUT2D eigenvalue weighted by Gasteiger charge is 2.07. The van der Waals surface area contributed by atoms with Crippen LogP contribution in [0.4, 0.5) is 11.4 Å². The molecule has 0 atom stereocenters. The molecule has 0 spiro atoms. The van der Waals surface area contributed by atoms with Crippen molar-refractivity contribution < 1.29 is 4.79 Å². The van der Waals surface area contributed by atoms with Gasteiger partial charge in [-0.2, -0.15) is 0 Å². The Morgan fingerprint density at radius 1 is 1.45 bits per heavy atom. The van der Waals surface area contributed by atoms with Gasteiger partial charge in [0.25, 0.3) is 0 Å². The van der Waals surface area contributed by atoms with Crippen molar-refractivity contribution in [3.63, 3.8) is 0 Å². The van der Waals surface area contributed by atoms with Gasteiger partial charge in [-0.3, -0.25) is 4.79 Å². The molecule has 0 bridgehead atoms. The van der Waals surface area contributed by atoms with Crippen LogP contribution in [0.25, 0.3) is 0 Å². The van der Waals surface area contributed by atoms with Gasteiger partial charge in [-0.1, -0.05) is 23.4 Å². The smallest absolute Gasteiger partial charge is 0.234 e. The van der Waals surface area contributed by atoms with Gasteiger partial charge in [-0.15, -0.1) is 0 Å². The first kappa shape index (κ1) is 15.2. The van der Waals surface area contributed by atoms with Gasteiger partial charge in [0, 0.05) is 16.4 Å². The van der Waals surface area contributed by atoms with Gasteiger partial charge in [0.2, 0.25) is 5.91 Å². The quantitative estimate of drug-likeness (QED) is 0.632. The monoisotopic (exact) mass is 371 g/mol. The molecule has 20 heavy (non-hydrogen) atoms. The van der Waals surface area contributed by atoms with E-state index in [9.17, 15) is 4.79 Å². The van der Waals surface area contributed by atoms with Crippen LogP contribution in [0.5, 0.6) is 0 Å². The number of aromatic nitrogens is 1. The number of carbonyl (C=O) groups excluding carboxylic acids is 1. The summed E-state index contributed by atoms with van der Waals surface area (Å²) in [6.07, 6.45) is 1.69. The number of nitrogen functional groups attached to an aromatic ring is 1. The number of anilines is 2. The molecule has 2 rings (SSSR count). The van der Waals surface area contributed by atoms with Crippen molar-refractivity contribution in [1.82, 2.24) is 4.98 Å². The average Bonchev–Trinajstić information content (AvgIpc) is 2.42. The van der Waals surface area contributed by atoms with Crippen LogP contribution in [0.1, 0.15) is 0 Å². The highest BCUT2D eigenvalue weighted by molar-refractivity contribution is 9.10. The van der Waals surface area contributed by atoms with Gasteiger partial charge in [-0.25, -0.2) is 4.98 Å². The molecule has 104 valence electrons. The largest absolute Gasteiger partial charge is 0.397 e. The van der Waals surface area contributed by atoms with Crippen LogP contribution in [0, 0.1) is 0 Å². The van der Waals surface area contributed by atoms with E-state index in [1.165, 1.54) is 11.8 Å². The van der Waals surface area contributed by atoms with Crippen LogP contribution in [0.2, 0.25) is 5.02 Å². The maximum Gasteiger partial charge on any atom is 0.234 e. The molecule has 0 unspecified atom stereocenters. The van der Waals surface area contributed by atoms with Crippen molar-refractivity contribution in [1.29, 1.82) is 0 Å². The van der Waals surface area contributed by atoms with Crippen molar-refractivity contribution >= 4 is 56.6 Å². The lowest BCUT2D eigenvalue weighted by Gasteiger charge is -2.07. The zero-order valence-corrected chi connectivity index (χ0v) is 13.4. The van der Waals surface area contributed by atoms with Gasteiger partial charge in [-0.05, 0) is 46.3 Å². The topological polar surface area (TPSA) is 68.0 Å². The van der Waals surface area contributed by atoms with Crippen molar-refractivity contribution in [2.75, 3.05) is 16.8 Å². The summed E-state index contributed by atoms with van der Waals surface area (Å²) in [5, 5.41) is 4.00. The number of carbonyl (C=O) groups is 1. The van der Waals surface area contributed by atoms with E-state index in [0.29, 0.717) is 16.4 Å². The number of nitrogens with zero attached hydrogens (tertiary/aromatic N) is 1. The van der Waals surface area contributed by atoms with Crippen LogP contribution < -0.4 is 11.1 Å². The number of hydrogen-bond donors (Lipinski definition) is 2. The average molecular weight is 373 g/mol.